The van der Waals surface area contributed by atoms with Gasteiger partial charge in [-0.3, -0.25) is 4.79 Å². The Balaban J connectivity index is 1.60. The summed E-state index contributed by atoms with van der Waals surface area (Å²) >= 11 is 1.72. The number of esters is 1. The number of nitrogens with zero attached hydrogens (tertiary/aromatic N) is 2. The SMILES string of the molecule is CC1=C(C(=O)OCC(C)C)[C@@H](c2ccc(NC(=O)c3ccccc3)cc2)N2CCCSC2=N1. The van der Waals surface area contributed by atoms with Crippen molar-refractivity contribution in [1.29, 1.82) is 0 Å². The van der Waals surface area contributed by atoms with Crippen LogP contribution < -0.4 is 5.32 Å². The molecule has 0 saturated carbocycles. The first-order valence-electron chi connectivity index (χ1n) is 11.3. The van der Waals surface area contributed by atoms with E-state index in [4.69, 9.17) is 9.73 Å². The Kier molecular flexibility index (Phi) is 7.18. The molecular weight excluding hydrogens is 434 g/mol. The standard InChI is InChI=1S/C26H29N3O3S/c1-17(2)16-32-25(31)22-18(3)27-26-29(14-7-15-33-26)23(22)19-10-12-21(13-11-19)28-24(30)20-8-5-4-6-9-20/h4-6,8-13,17,23H,7,14-16H2,1-3H3,(H,28,30)/t23-/m1/s1. The number of hydrogen-bond donors (Lipinski definition) is 1. The van der Waals surface area contributed by atoms with Crippen LogP contribution in [0.5, 0.6) is 0 Å². The highest BCUT2D eigenvalue weighted by molar-refractivity contribution is 8.13. The molecular formula is C26H29N3O3S. The van der Waals surface area contributed by atoms with Crippen LogP contribution in [0.2, 0.25) is 0 Å². The Morgan fingerprint density at radius 3 is 2.58 bits per heavy atom. The number of fused-ring (bicyclic) bond motifs is 1. The lowest BCUT2D eigenvalue weighted by atomic mass is 9.94. The third-order valence-corrected chi connectivity index (χ3v) is 6.62. The first-order chi connectivity index (χ1) is 15.9. The number of carbonyl (C=O) groups is 2. The fourth-order valence-corrected chi connectivity index (χ4v) is 4.96. The number of nitrogens with one attached hydrogen (secondary N) is 1. The molecule has 4 rings (SSSR count). The Hall–Kier alpha value is -3.06. The molecule has 1 atom stereocenters. The van der Waals surface area contributed by atoms with Gasteiger partial charge >= 0.3 is 5.97 Å². The number of rotatable bonds is 6. The van der Waals surface area contributed by atoms with Crippen LogP contribution in [0, 0.1) is 5.92 Å². The van der Waals surface area contributed by atoms with E-state index in [0.29, 0.717) is 29.1 Å². The van der Waals surface area contributed by atoms with Crippen LogP contribution in [-0.2, 0) is 9.53 Å². The lowest BCUT2D eigenvalue weighted by Gasteiger charge is -2.40. The summed E-state index contributed by atoms with van der Waals surface area (Å²) in [5, 5.41) is 3.89. The van der Waals surface area contributed by atoms with Crippen LogP contribution in [-0.4, -0.2) is 40.8 Å². The van der Waals surface area contributed by atoms with E-state index in [2.05, 4.69) is 10.2 Å². The van der Waals surface area contributed by atoms with Crippen molar-refractivity contribution in [1.82, 2.24) is 4.90 Å². The molecule has 172 valence electrons. The summed E-state index contributed by atoms with van der Waals surface area (Å²) in [7, 11) is 0. The average Bonchev–Trinajstić information content (AvgIpc) is 2.82. The van der Waals surface area contributed by atoms with Gasteiger partial charge in [-0.05, 0) is 49.1 Å². The third kappa shape index (κ3) is 5.30. The van der Waals surface area contributed by atoms with Gasteiger partial charge in [0.2, 0.25) is 0 Å². The van der Waals surface area contributed by atoms with Crippen molar-refractivity contribution >= 4 is 34.5 Å². The van der Waals surface area contributed by atoms with Gasteiger partial charge in [-0.1, -0.05) is 55.9 Å². The van der Waals surface area contributed by atoms with Crippen LogP contribution in [0.3, 0.4) is 0 Å². The maximum Gasteiger partial charge on any atom is 0.338 e. The monoisotopic (exact) mass is 463 g/mol. The fraction of sp³-hybridized carbons (Fsp3) is 0.346. The summed E-state index contributed by atoms with van der Waals surface area (Å²) in [6.45, 7) is 7.13. The Labute approximate surface area is 199 Å². The quantitative estimate of drug-likeness (QED) is 0.592. The summed E-state index contributed by atoms with van der Waals surface area (Å²) in [6.07, 6.45) is 1.03. The van der Waals surface area contributed by atoms with Crippen LogP contribution in [0.4, 0.5) is 5.69 Å². The van der Waals surface area contributed by atoms with E-state index in [1.165, 1.54) is 0 Å². The number of aliphatic imine (C=N–C) groups is 1. The molecule has 0 aromatic heterocycles. The molecule has 2 aliphatic heterocycles. The molecule has 1 N–H and O–H groups in total. The van der Waals surface area contributed by atoms with E-state index in [9.17, 15) is 9.59 Å². The zero-order valence-electron chi connectivity index (χ0n) is 19.2. The lowest BCUT2D eigenvalue weighted by Crippen LogP contribution is -2.42. The van der Waals surface area contributed by atoms with Crippen LogP contribution in [0.15, 0.2) is 70.9 Å². The molecule has 0 aliphatic carbocycles. The number of hydrogen-bond acceptors (Lipinski definition) is 6. The van der Waals surface area contributed by atoms with E-state index in [1.807, 2.05) is 63.2 Å². The molecule has 0 unspecified atom stereocenters. The highest BCUT2D eigenvalue weighted by Crippen LogP contribution is 2.40. The Morgan fingerprint density at radius 1 is 1.15 bits per heavy atom. The molecule has 6 nitrogen and oxygen atoms in total. The van der Waals surface area contributed by atoms with Gasteiger partial charge in [0, 0.05) is 23.5 Å². The van der Waals surface area contributed by atoms with Gasteiger partial charge in [0.15, 0.2) is 5.17 Å². The zero-order chi connectivity index (χ0) is 23.4. The number of thioether (sulfide) groups is 1. The molecule has 33 heavy (non-hydrogen) atoms. The van der Waals surface area contributed by atoms with E-state index >= 15 is 0 Å². The number of amidine groups is 1. The molecule has 2 aromatic carbocycles. The summed E-state index contributed by atoms with van der Waals surface area (Å²) < 4.78 is 5.61. The summed E-state index contributed by atoms with van der Waals surface area (Å²) in [5.41, 5.74) is 3.57. The summed E-state index contributed by atoms with van der Waals surface area (Å²) in [5.74, 6) is 0.809. The Morgan fingerprint density at radius 2 is 1.88 bits per heavy atom. The zero-order valence-corrected chi connectivity index (χ0v) is 20.0. The number of amides is 1. The van der Waals surface area contributed by atoms with E-state index in [-0.39, 0.29) is 23.8 Å². The van der Waals surface area contributed by atoms with Crippen molar-refractivity contribution in [2.75, 3.05) is 24.2 Å². The maximum absolute atomic E-state index is 13.1. The van der Waals surface area contributed by atoms with Gasteiger partial charge in [-0.25, -0.2) is 9.79 Å². The number of anilines is 1. The molecule has 1 amide bonds. The molecule has 2 aromatic rings. The summed E-state index contributed by atoms with van der Waals surface area (Å²) in [6, 6.07) is 16.6. The molecule has 2 aliphatic rings. The molecule has 1 fully saturated rings. The fourth-order valence-electron chi connectivity index (χ4n) is 3.94. The minimum Gasteiger partial charge on any atom is -0.462 e. The van der Waals surface area contributed by atoms with Crippen molar-refractivity contribution in [2.24, 2.45) is 10.9 Å². The molecule has 0 bridgehead atoms. The number of benzene rings is 2. The molecule has 0 radical (unpaired) electrons. The second kappa shape index (κ2) is 10.3. The van der Waals surface area contributed by atoms with E-state index < -0.39 is 0 Å². The first kappa shape index (κ1) is 23.1. The first-order valence-corrected chi connectivity index (χ1v) is 12.2. The molecule has 7 heteroatoms. The van der Waals surface area contributed by atoms with Crippen molar-refractivity contribution in [3.8, 4) is 0 Å². The molecule has 0 spiro atoms. The summed E-state index contributed by atoms with van der Waals surface area (Å²) in [4.78, 5) is 32.5. The number of allylic oxidation sites excluding steroid dienone is 1. The minimum atomic E-state index is -0.314. The van der Waals surface area contributed by atoms with Crippen LogP contribution in [0.1, 0.15) is 49.2 Å². The number of ether oxygens (including phenoxy) is 1. The molecule has 2 heterocycles. The predicted octanol–water partition coefficient (Wildman–Crippen LogP) is 5.26. The van der Waals surface area contributed by atoms with Crippen molar-refractivity contribution < 1.29 is 14.3 Å². The second-order valence-corrected chi connectivity index (χ2v) is 9.69. The van der Waals surface area contributed by atoms with Gasteiger partial charge in [0.25, 0.3) is 5.91 Å². The van der Waals surface area contributed by atoms with Crippen LogP contribution in [0.25, 0.3) is 0 Å². The average molecular weight is 464 g/mol. The van der Waals surface area contributed by atoms with Gasteiger partial charge in [0.05, 0.1) is 23.9 Å². The molecule has 1 saturated heterocycles. The Bertz CT molecular complexity index is 1080. The smallest absolute Gasteiger partial charge is 0.338 e. The minimum absolute atomic E-state index is 0.156. The van der Waals surface area contributed by atoms with Crippen molar-refractivity contribution in [3.63, 3.8) is 0 Å². The normalized spacial score (nSPS) is 18.0. The topological polar surface area (TPSA) is 71.0 Å². The third-order valence-electron chi connectivity index (χ3n) is 5.55. The van der Waals surface area contributed by atoms with Gasteiger partial charge in [-0.15, -0.1) is 0 Å². The lowest BCUT2D eigenvalue weighted by molar-refractivity contribution is -0.140. The number of carbonyl (C=O) groups excluding carboxylic acids is 2. The second-order valence-electron chi connectivity index (χ2n) is 8.63. The van der Waals surface area contributed by atoms with E-state index in [0.717, 1.165) is 29.4 Å². The van der Waals surface area contributed by atoms with Gasteiger partial charge < -0.3 is 15.0 Å². The van der Waals surface area contributed by atoms with Crippen molar-refractivity contribution in [2.45, 2.75) is 33.2 Å². The van der Waals surface area contributed by atoms with E-state index in [1.54, 1.807) is 23.9 Å². The van der Waals surface area contributed by atoms with Crippen molar-refractivity contribution in [3.05, 3.63) is 77.0 Å². The van der Waals surface area contributed by atoms with Gasteiger partial charge in [0.1, 0.15) is 0 Å². The highest BCUT2D eigenvalue weighted by atomic mass is 32.2. The van der Waals surface area contributed by atoms with Crippen LogP contribution >= 0.6 is 11.8 Å². The largest absolute Gasteiger partial charge is 0.462 e. The predicted molar refractivity (Wildman–Crippen MR) is 133 cm³/mol. The van der Waals surface area contributed by atoms with Gasteiger partial charge in [-0.2, -0.15) is 0 Å². The maximum atomic E-state index is 13.1. The highest BCUT2D eigenvalue weighted by Gasteiger charge is 2.37.